The molecule has 0 bridgehead atoms. The van der Waals surface area contributed by atoms with Crippen LogP contribution in [0.4, 0.5) is 0 Å². The summed E-state index contributed by atoms with van der Waals surface area (Å²) >= 11 is 1.58. The number of rotatable bonds is 3. The Morgan fingerprint density at radius 2 is 2.27 bits per heavy atom. The lowest BCUT2D eigenvalue weighted by Crippen LogP contribution is -2.37. The van der Waals surface area contributed by atoms with Gasteiger partial charge in [-0.05, 0) is 49.1 Å². The molecule has 1 unspecified atom stereocenters. The van der Waals surface area contributed by atoms with Crippen LogP contribution in [0.25, 0.3) is 0 Å². The average molecular weight is 317 g/mol. The van der Waals surface area contributed by atoms with Gasteiger partial charge in [0.15, 0.2) is 5.78 Å². The van der Waals surface area contributed by atoms with E-state index >= 15 is 0 Å². The molecule has 3 rings (SSSR count). The number of ether oxygens (including phenoxy) is 1. The molecule has 0 fully saturated rings. The van der Waals surface area contributed by atoms with Crippen molar-refractivity contribution in [3.63, 3.8) is 0 Å². The lowest BCUT2D eigenvalue weighted by atomic mass is 9.72. The van der Waals surface area contributed by atoms with E-state index in [0.717, 1.165) is 35.4 Å². The highest BCUT2D eigenvalue weighted by molar-refractivity contribution is 7.08. The second-order valence-electron chi connectivity index (χ2n) is 5.65. The number of hydrogen-bond donors (Lipinski definition) is 0. The summed E-state index contributed by atoms with van der Waals surface area (Å²) in [5.74, 6) is -0.895. The summed E-state index contributed by atoms with van der Waals surface area (Å²) in [6, 6.07) is 1.99. The minimum atomic E-state index is -0.490. The van der Waals surface area contributed by atoms with Gasteiger partial charge in [-0.3, -0.25) is 14.6 Å². The predicted octanol–water partition coefficient (Wildman–Crippen LogP) is 3.49. The molecule has 1 aromatic rings. The molecule has 5 heteroatoms. The van der Waals surface area contributed by atoms with Crippen molar-refractivity contribution in [1.82, 2.24) is 0 Å². The summed E-state index contributed by atoms with van der Waals surface area (Å²) in [6.45, 7) is 3.99. The molecule has 22 heavy (non-hydrogen) atoms. The van der Waals surface area contributed by atoms with Crippen LogP contribution in [0.15, 0.2) is 33.1 Å². The van der Waals surface area contributed by atoms with E-state index < -0.39 is 5.92 Å². The SMILES string of the molecule is CCOC(=O)C1C(C)=NC2=C(C(=O)CCC2)[C@H]1c1ccsc1. The van der Waals surface area contributed by atoms with E-state index in [0.29, 0.717) is 13.0 Å². The highest BCUT2D eigenvalue weighted by atomic mass is 32.1. The van der Waals surface area contributed by atoms with Crippen LogP contribution in [0.2, 0.25) is 0 Å². The molecule has 0 aromatic carbocycles. The summed E-state index contributed by atoms with van der Waals surface area (Å²) in [5.41, 5.74) is 3.36. The zero-order chi connectivity index (χ0) is 15.7. The second-order valence-corrected chi connectivity index (χ2v) is 6.43. The Morgan fingerprint density at radius 1 is 1.45 bits per heavy atom. The summed E-state index contributed by atoms with van der Waals surface area (Å²) in [7, 11) is 0. The number of aliphatic imine (C=N–C) groups is 1. The number of ketones is 1. The zero-order valence-electron chi connectivity index (χ0n) is 12.8. The lowest BCUT2D eigenvalue weighted by molar-refractivity contribution is -0.146. The molecule has 0 saturated carbocycles. The molecular formula is C17H19NO3S. The molecular weight excluding hydrogens is 298 g/mol. The third-order valence-electron chi connectivity index (χ3n) is 4.28. The van der Waals surface area contributed by atoms with E-state index in [4.69, 9.17) is 4.74 Å². The van der Waals surface area contributed by atoms with E-state index in [-0.39, 0.29) is 17.7 Å². The van der Waals surface area contributed by atoms with Crippen molar-refractivity contribution in [3.05, 3.63) is 33.7 Å². The zero-order valence-corrected chi connectivity index (χ0v) is 13.6. The fourth-order valence-electron chi connectivity index (χ4n) is 3.36. The molecule has 0 N–H and O–H groups in total. The van der Waals surface area contributed by atoms with Crippen LogP contribution in [0.1, 0.15) is 44.6 Å². The number of carbonyl (C=O) groups is 2. The summed E-state index contributed by atoms with van der Waals surface area (Å²) < 4.78 is 5.24. The Kier molecular flexibility index (Phi) is 4.25. The van der Waals surface area contributed by atoms with Crippen LogP contribution in [-0.2, 0) is 14.3 Å². The van der Waals surface area contributed by atoms with Gasteiger partial charge in [0, 0.05) is 29.3 Å². The molecule has 1 aromatic heterocycles. The van der Waals surface area contributed by atoms with E-state index in [1.54, 1.807) is 18.3 Å². The fourth-order valence-corrected chi connectivity index (χ4v) is 4.05. The lowest BCUT2D eigenvalue weighted by Gasteiger charge is -2.33. The quantitative estimate of drug-likeness (QED) is 0.802. The first-order valence-corrected chi connectivity index (χ1v) is 8.58. The van der Waals surface area contributed by atoms with Crippen LogP contribution in [0.5, 0.6) is 0 Å². The van der Waals surface area contributed by atoms with Crippen LogP contribution < -0.4 is 0 Å². The summed E-state index contributed by atoms with van der Waals surface area (Å²) in [6.07, 6.45) is 2.20. The number of thiophene rings is 1. The third-order valence-corrected chi connectivity index (χ3v) is 4.98. The fraction of sp³-hybridized carbons (Fsp3) is 0.471. The standard InChI is InChI=1S/C17H19NO3S/c1-3-21-17(20)14-10(2)18-12-5-4-6-13(19)16(12)15(14)11-7-8-22-9-11/h7-9,14-15H,3-6H2,1-2H3/t14?,15-/m0/s1. The van der Waals surface area contributed by atoms with Crippen molar-refractivity contribution in [2.45, 2.75) is 39.0 Å². The van der Waals surface area contributed by atoms with Crippen molar-refractivity contribution >= 4 is 28.8 Å². The van der Waals surface area contributed by atoms with Crippen LogP contribution in [-0.4, -0.2) is 24.1 Å². The Balaban J connectivity index is 2.11. The van der Waals surface area contributed by atoms with Crippen LogP contribution in [0.3, 0.4) is 0 Å². The molecule has 0 amide bonds. The molecule has 0 saturated heterocycles. The maximum atomic E-state index is 12.5. The van der Waals surface area contributed by atoms with Gasteiger partial charge in [0.1, 0.15) is 5.92 Å². The van der Waals surface area contributed by atoms with Gasteiger partial charge in [0.05, 0.1) is 6.61 Å². The van der Waals surface area contributed by atoms with Crippen molar-refractivity contribution in [3.8, 4) is 0 Å². The normalized spacial score (nSPS) is 24.8. The summed E-state index contributed by atoms with van der Waals surface area (Å²) in [5, 5.41) is 3.99. The van der Waals surface area contributed by atoms with Crippen molar-refractivity contribution in [1.29, 1.82) is 0 Å². The molecule has 116 valence electrons. The van der Waals surface area contributed by atoms with Crippen molar-refractivity contribution in [2.75, 3.05) is 6.61 Å². The smallest absolute Gasteiger partial charge is 0.315 e. The van der Waals surface area contributed by atoms with E-state index in [1.807, 2.05) is 23.8 Å². The largest absolute Gasteiger partial charge is 0.465 e. The molecule has 4 nitrogen and oxygen atoms in total. The molecule has 2 atom stereocenters. The molecule has 2 heterocycles. The third kappa shape index (κ3) is 2.54. The first-order chi connectivity index (χ1) is 10.6. The Morgan fingerprint density at radius 3 is 2.95 bits per heavy atom. The van der Waals surface area contributed by atoms with Gasteiger partial charge < -0.3 is 4.74 Å². The highest BCUT2D eigenvalue weighted by Gasteiger charge is 2.43. The second kappa shape index (κ2) is 6.16. The Bertz CT molecular complexity index is 657. The maximum absolute atomic E-state index is 12.5. The van der Waals surface area contributed by atoms with Gasteiger partial charge in [-0.25, -0.2) is 0 Å². The van der Waals surface area contributed by atoms with E-state index in [9.17, 15) is 9.59 Å². The van der Waals surface area contributed by atoms with Gasteiger partial charge in [-0.1, -0.05) is 0 Å². The van der Waals surface area contributed by atoms with Crippen LogP contribution in [0, 0.1) is 5.92 Å². The van der Waals surface area contributed by atoms with Crippen LogP contribution >= 0.6 is 11.3 Å². The molecule has 0 spiro atoms. The number of nitrogens with zero attached hydrogens (tertiary/aromatic N) is 1. The van der Waals surface area contributed by atoms with Gasteiger partial charge in [-0.2, -0.15) is 11.3 Å². The number of carbonyl (C=O) groups excluding carboxylic acids is 2. The van der Waals surface area contributed by atoms with Gasteiger partial charge in [-0.15, -0.1) is 0 Å². The topological polar surface area (TPSA) is 55.7 Å². The number of allylic oxidation sites excluding steroid dienone is 2. The first-order valence-electron chi connectivity index (χ1n) is 7.63. The predicted molar refractivity (Wildman–Crippen MR) is 86.2 cm³/mol. The maximum Gasteiger partial charge on any atom is 0.315 e. The van der Waals surface area contributed by atoms with Gasteiger partial charge in [0.2, 0.25) is 0 Å². The number of esters is 1. The molecule has 1 aliphatic heterocycles. The summed E-state index contributed by atoms with van der Waals surface area (Å²) in [4.78, 5) is 29.5. The van der Waals surface area contributed by atoms with Gasteiger partial charge in [0.25, 0.3) is 0 Å². The highest BCUT2D eigenvalue weighted by Crippen LogP contribution is 2.43. The number of Topliss-reactive ketones (excluding diaryl/α,β-unsaturated/α-hetero) is 1. The minimum absolute atomic E-state index is 0.128. The Labute approximate surface area is 133 Å². The molecule has 1 aliphatic carbocycles. The average Bonchev–Trinajstić information content (AvgIpc) is 3.00. The van der Waals surface area contributed by atoms with Crippen molar-refractivity contribution in [2.24, 2.45) is 10.9 Å². The first kappa shape index (κ1) is 15.2. The van der Waals surface area contributed by atoms with E-state index in [1.165, 1.54) is 0 Å². The number of hydrogen-bond acceptors (Lipinski definition) is 5. The van der Waals surface area contributed by atoms with Gasteiger partial charge >= 0.3 is 5.97 Å². The van der Waals surface area contributed by atoms with E-state index in [2.05, 4.69) is 4.99 Å². The minimum Gasteiger partial charge on any atom is -0.465 e. The monoisotopic (exact) mass is 317 g/mol. The molecule has 2 aliphatic rings. The molecule has 0 radical (unpaired) electrons. The van der Waals surface area contributed by atoms with Crippen molar-refractivity contribution < 1.29 is 14.3 Å². The Hall–Kier alpha value is -1.75.